The summed E-state index contributed by atoms with van der Waals surface area (Å²) in [5.74, 6) is -0.345. The summed E-state index contributed by atoms with van der Waals surface area (Å²) in [6.45, 7) is 0. The van der Waals surface area contributed by atoms with Crippen LogP contribution in [0.3, 0.4) is 0 Å². The molecule has 128 valence electrons. The van der Waals surface area contributed by atoms with E-state index in [1.54, 1.807) is 12.3 Å². The van der Waals surface area contributed by atoms with Crippen LogP contribution < -0.4 is 0 Å². The maximum atomic E-state index is 13.3. The first-order valence-electron chi connectivity index (χ1n) is 8.22. The van der Waals surface area contributed by atoms with E-state index in [9.17, 15) is 14.8 Å². The molecule has 0 unspecified atom stereocenters. The van der Waals surface area contributed by atoms with Gasteiger partial charge in [-0.3, -0.25) is 4.98 Å². The average Bonchev–Trinajstić information content (AvgIpc) is 2.64. The lowest BCUT2D eigenvalue weighted by atomic mass is 9.85. The maximum absolute atomic E-state index is 13.3. The Labute approximate surface area is 150 Å². The first kappa shape index (κ1) is 17.4. The molecule has 0 bridgehead atoms. The fraction of sp³-hybridized carbons (Fsp3) is 0.316. The van der Waals surface area contributed by atoms with Gasteiger partial charge in [-0.1, -0.05) is 30.9 Å². The van der Waals surface area contributed by atoms with E-state index in [-0.39, 0.29) is 22.4 Å². The highest BCUT2D eigenvalue weighted by atomic mass is 35.5. The van der Waals surface area contributed by atoms with Crippen molar-refractivity contribution in [3.05, 3.63) is 52.6 Å². The Bertz CT molecular complexity index is 854. The van der Waals surface area contributed by atoms with Crippen molar-refractivity contribution in [1.29, 1.82) is 5.26 Å². The molecule has 1 fully saturated rings. The lowest BCUT2D eigenvalue weighted by Gasteiger charge is -2.22. The largest absolute Gasteiger partial charge is 0.505 e. The molecule has 1 aromatic carbocycles. The van der Waals surface area contributed by atoms with Crippen molar-refractivity contribution in [2.75, 3.05) is 0 Å². The van der Waals surface area contributed by atoms with Crippen molar-refractivity contribution in [2.45, 2.75) is 38.0 Å². The predicted octanol–water partition coefficient (Wildman–Crippen LogP) is 5.27. The first-order chi connectivity index (χ1) is 12.1. The molecule has 4 nitrogen and oxygen atoms in total. The van der Waals surface area contributed by atoms with E-state index in [0.29, 0.717) is 16.9 Å². The first-order valence-corrected chi connectivity index (χ1v) is 8.60. The molecule has 0 aliphatic heterocycles. The Hall–Kier alpha value is -2.45. The monoisotopic (exact) mass is 357 g/mol. The molecule has 0 saturated heterocycles. The summed E-state index contributed by atoms with van der Waals surface area (Å²) in [6, 6.07) is 7.52. The van der Waals surface area contributed by atoms with Crippen LogP contribution in [-0.4, -0.2) is 15.8 Å². The van der Waals surface area contributed by atoms with Gasteiger partial charge in [0.25, 0.3) is 0 Å². The third-order valence-electron chi connectivity index (χ3n) is 4.45. The molecule has 6 heteroatoms. The van der Waals surface area contributed by atoms with Crippen LogP contribution in [0.1, 0.15) is 49.3 Å². The topological polar surface area (TPSA) is 69.3 Å². The summed E-state index contributed by atoms with van der Waals surface area (Å²) in [6.07, 6.45) is 6.98. The third kappa shape index (κ3) is 3.80. The van der Waals surface area contributed by atoms with Crippen molar-refractivity contribution in [2.24, 2.45) is 4.99 Å². The Kier molecular flexibility index (Phi) is 5.30. The molecule has 2 aromatic rings. The van der Waals surface area contributed by atoms with Gasteiger partial charge in [0, 0.05) is 12.1 Å². The van der Waals surface area contributed by atoms with Crippen LogP contribution in [0.5, 0.6) is 5.75 Å². The molecule has 1 heterocycles. The summed E-state index contributed by atoms with van der Waals surface area (Å²) in [7, 11) is 0. The molecule has 1 aromatic heterocycles. The highest BCUT2D eigenvalue weighted by Crippen LogP contribution is 2.37. The van der Waals surface area contributed by atoms with Crippen molar-refractivity contribution in [1.82, 2.24) is 4.98 Å². The van der Waals surface area contributed by atoms with Gasteiger partial charge in [-0.2, -0.15) is 5.26 Å². The summed E-state index contributed by atoms with van der Waals surface area (Å²) in [4.78, 5) is 8.54. The van der Waals surface area contributed by atoms with Crippen LogP contribution in [0.25, 0.3) is 0 Å². The van der Waals surface area contributed by atoms with E-state index in [1.165, 1.54) is 24.6 Å². The number of aromatic hydroxyl groups is 1. The molecule has 1 saturated carbocycles. The Morgan fingerprint density at radius 3 is 2.72 bits per heavy atom. The van der Waals surface area contributed by atoms with Crippen LogP contribution in [0, 0.1) is 17.1 Å². The van der Waals surface area contributed by atoms with Crippen molar-refractivity contribution in [3.8, 4) is 11.8 Å². The molecule has 1 aliphatic carbocycles. The Balaban J connectivity index is 1.99. The van der Waals surface area contributed by atoms with Crippen LogP contribution in [0.15, 0.2) is 35.5 Å². The van der Waals surface area contributed by atoms with Crippen LogP contribution in [0.2, 0.25) is 5.02 Å². The average molecular weight is 358 g/mol. The number of hydrogen-bond donors (Lipinski definition) is 1. The third-order valence-corrected chi connectivity index (χ3v) is 4.74. The SMILES string of the molecule is N#C/C(=N\c1ccc(F)c(Cl)c1)c1ccnc(C2CCCCC2)c1O. The lowest BCUT2D eigenvalue weighted by molar-refractivity contribution is 0.405. The minimum atomic E-state index is -0.550. The van der Waals surface area contributed by atoms with Crippen molar-refractivity contribution >= 4 is 23.0 Å². The van der Waals surface area contributed by atoms with Gasteiger partial charge in [0.05, 0.1) is 22.0 Å². The number of benzene rings is 1. The maximum Gasteiger partial charge on any atom is 0.152 e. The van der Waals surface area contributed by atoms with Crippen LogP contribution in [0.4, 0.5) is 10.1 Å². The highest BCUT2D eigenvalue weighted by Gasteiger charge is 2.23. The highest BCUT2D eigenvalue weighted by molar-refractivity contribution is 6.31. The second kappa shape index (κ2) is 7.62. The van der Waals surface area contributed by atoms with E-state index in [0.717, 1.165) is 25.7 Å². The fourth-order valence-corrected chi connectivity index (χ4v) is 3.34. The van der Waals surface area contributed by atoms with E-state index in [4.69, 9.17) is 11.6 Å². The predicted molar refractivity (Wildman–Crippen MR) is 94.9 cm³/mol. The number of nitrogens with zero attached hydrogens (tertiary/aromatic N) is 3. The zero-order valence-corrected chi connectivity index (χ0v) is 14.3. The van der Waals surface area contributed by atoms with Gasteiger partial charge in [0.2, 0.25) is 0 Å². The van der Waals surface area contributed by atoms with Gasteiger partial charge in [-0.05, 0) is 37.1 Å². The standard InChI is InChI=1S/C19H17ClFN3O/c20-15-10-13(6-7-16(15)21)24-17(11-22)14-8-9-23-18(19(14)25)12-4-2-1-3-5-12/h6-10,12,25H,1-5H2/b24-17+. The second-order valence-corrected chi connectivity index (χ2v) is 6.51. The molecule has 0 amide bonds. The smallest absolute Gasteiger partial charge is 0.152 e. The molecular weight excluding hydrogens is 341 g/mol. The molecule has 3 rings (SSSR count). The van der Waals surface area contributed by atoms with Crippen molar-refractivity contribution in [3.63, 3.8) is 0 Å². The molecule has 1 aliphatic rings. The Morgan fingerprint density at radius 2 is 2.04 bits per heavy atom. The molecular formula is C19H17ClFN3O. The number of aromatic nitrogens is 1. The fourth-order valence-electron chi connectivity index (χ4n) is 3.17. The molecule has 25 heavy (non-hydrogen) atoms. The van der Waals surface area contributed by atoms with Gasteiger partial charge < -0.3 is 5.11 Å². The van der Waals surface area contributed by atoms with E-state index < -0.39 is 5.82 Å². The number of rotatable bonds is 3. The number of pyridine rings is 1. The number of nitriles is 1. The van der Waals surface area contributed by atoms with Gasteiger partial charge >= 0.3 is 0 Å². The van der Waals surface area contributed by atoms with Gasteiger partial charge in [-0.15, -0.1) is 0 Å². The number of aliphatic imine (C=N–C) groups is 1. The van der Waals surface area contributed by atoms with Gasteiger partial charge in [-0.25, -0.2) is 9.38 Å². The summed E-state index contributed by atoms with van der Waals surface area (Å²) in [5.41, 5.74) is 1.34. The number of halogens is 2. The second-order valence-electron chi connectivity index (χ2n) is 6.10. The summed E-state index contributed by atoms with van der Waals surface area (Å²) >= 11 is 5.76. The van der Waals surface area contributed by atoms with E-state index >= 15 is 0 Å². The quantitative estimate of drug-likeness (QED) is 0.760. The zero-order chi connectivity index (χ0) is 17.8. The molecule has 1 N–H and O–H groups in total. The zero-order valence-electron chi connectivity index (χ0n) is 13.5. The van der Waals surface area contributed by atoms with Crippen LogP contribution in [-0.2, 0) is 0 Å². The van der Waals surface area contributed by atoms with E-state index in [2.05, 4.69) is 9.98 Å². The normalized spacial score (nSPS) is 15.8. The number of hydrogen-bond acceptors (Lipinski definition) is 4. The molecule has 0 radical (unpaired) electrons. The van der Waals surface area contributed by atoms with Crippen molar-refractivity contribution < 1.29 is 9.50 Å². The lowest BCUT2D eigenvalue weighted by Crippen LogP contribution is -2.09. The minimum Gasteiger partial charge on any atom is -0.505 e. The van der Waals surface area contributed by atoms with Gasteiger partial charge in [0.1, 0.15) is 17.6 Å². The molecule has 0 spiro atoms. The van der Waals surface area contributed by atoms with Gasteiger partial charge in [0.15, 0.2) is 5.71 Å². The van der Waals surface area contributed by atoms with E-state index in [1.807, 2.05) is 6.07 Å². The minimum absolute atomic E-state index is 0.00269. The Morgan fingerprint density at radius 1 is 1.28 bits per heavy atom. The summed E-state index contributed by atoms with van der Waals surface area (Å²) < 4.78 is 13.3. The van der Waals surface area contributed by atoms with Crippen LogP contribution >= 0.6 is 11.6 Å². The summed E-state index contributed by atoms with van der Waals surface area (Å²) in [5, 5.41) is 20.0. The molecule has 0 atom stereocenters.